The van der Waals surface area contributed by atoms with Crippen LogP contribution in [0.25, 0.3) is 0 Å². The molecule has 92 valence electrons. The molecule has 1 atom stereocenters. The summed E-state index contributed by atoms with van der Waals surface area (Å²) in [5.41, 5.74) is 0.632. The quantitative estimate of drug-likeness (QED) is 0.616. The van der Waals surface area contributed by atoms with E-state index in [2.05, 4.69) is 18.9 Å². The second kappa shape index (κ2) is 7.24. The first-order chi connectivity index (χ1) is 7.23. The molecule has 0 radical (unpaired) electrons. The Balaban J connectivity index is 0.000000442. The summed E-state index contributed by atoms with van der Waals surface area (Å²) in [4.78, 5) is 2.40. The number of hydrogen-bond acceptors (Lipinski definition) is 2. The lowest BCUT2D eigenvalue weighted by Crippen LogP contribution is -2.60. The molecule has 0 aromatic rings. The van der Waals surface area contributed by atoms with Gasteiger partial charge in [-0.2, -0.15) is 0 Å². The molecule has 1 spiro atoms. The van der Waals surface area contributed by atoms with Crippen LogP contribution in [0.3, 0.4) is 0 Å². The highest BCUT2D eigenvalue weighted by Crippen LogP contribution is 2.42. The minimum absolute atomic E-state index is 0.632. The molecule has 0 amide bonds. The van der Waals surface area contributed by atoms with Gasteiger partial charge < -0.3 is 9.64 Å². The zero-order valence-corrected chi connectivity index (χ0v) is 11.5. The molecule has 0 aliphatic carbocycles. The van der Waals surface area contributed by atoms with Gasteiger partial charge in [0.15, 0.2) is 0 Å². The van der Waals surface area contributed by atoms with Gasteiger partial charge in [0.05, 0.1) is 0 Å². The summed E-state index contributed by atoms with van der Waals surface area (Å²) in [6.07, 6.45) is 1.28. The zero-order chi connectivity index (χ0) is 11.9. The first-order valence-corrected chi connectivity index (χ1v) is 6.49. The molecule has 15 heavy (non-hydrogen) atoms. The van der Waals surface area contributed by atoms with Gasteiger partial charge in [0, 0.05) is 31.7 Å². The fourth-order valence-corrected chi connectivity index (χ4v) is 2.46. The number of ether oxygens (including phenoxy) is 1. The van der Waals surface area contributed by atoms with Crippen LogP contribution in [0.15, 0.2) is 0 Å². The molecule has 0 N–H and O–H groups in total. The molecule has 2 saturated heterocycles. The van der Waals surface area contributed by atoms with Crippen molar-refractivity contribution in [2.45, 2.75) is 41.0 Å². The molecular weight excluding hydrogens is 186 g/mol. The Hall–Kier alpha value is -0.0800. The van der Waals surface area contributed by atoms with Gasteiger partial charge in [-0.05, 0) is 19.4 Å². The van der Waals surface area contributed by atoms with Crippen molar-refractivity contribution in [1.82, 2.24) is 4.90 Å². The van der Waals surface area contributed by atoms with Gasteiger partial charge in [-0.3, -0.25) is 0 Å². The van der Waals surface area contributed by atoms with E-state index in [-0.39, 0.29) is 0 Å². The minimum Gasteiger partial charge on any atom is -0.381 e. The molecule has 0 aromatic carbocycles. The van der Waals surface area contributed by atoms with E-state index in [4.69, 9.17) is 4.74 Å². The van der Waals surface area contributed by atoms with Gasteiger partial charge in [0.25, 0.3) is 0 Å². The number of likely N-dealkylation sites (tertiary alicyclic amines) is 1. The number of hydrogen-bond donors (Lipinski definition) is 0. The van der Waals surface area contributed by atoms with E-state index in [1.807, 2.05) is 27.7 Å². The van der Waals surface area contributed by atoms with E-state index in [0.29, 0.717) is 5.41 Å². The smallest absolute Gasteiger partial charge is 0.0497 e. The Bertz CT molecular complexity index is 147. The third-order valence-corrected chi connectivity index (χ3v) is 3.33. The van der Waals surface area contributed by atoms with Crippen LogP contribution in [0, 0.1) is 11.3 Å². The second-order valence-corrected chi connectivity index (χ2v) is 4.26. The summed E-state index contributed by atoms with van der Waals surface area (Å²) < 4.78 is 5.43. The highest BCUT2D eigenvalue weighted by atomic mass is 16.5. The summed E-state index contributed by atoms with van der Waals surface area (Å²) in [6, 6.07) is 0. The van der Waals surface area contributed by atoms with Gasteiger partial charge >= 0.3 is 0 Å². The third-order valence-electron chi connectivity index (χ3n) is 3.33. The maximum atomic E-state index is 5.43. The molecule has 1 unspecified atom stereocenters. The van der Waals surface area contributed by atoms with E-state index in [0.717, 1.165) is 19.1 Å². The maximum Gasteiger partial charge on any atom is 0.0497 e. The summed E-state index contributed by atoms with van der Waals surface area (Å²) in [6.45, 7) is 14.9. The van der Waals surface area contributed by atoms with E-state index < -0.39 is 0 Å². The summed E-state index contributed by atoms with van der Waals surface area (Å²) in [5, 5.41) is 0. The molecule has 0 bridgehead atoms. The Morgan fingerprint density at radius 1 is 1.13 bits per heavy atom. The molecule has 2 heterocycles. The van der Waals surface area contributed by atoms with Crippen molar-refractivity contribution >= 4 is 0 Å². The van der Waals surface area contributed by atoms with Gasteiger partial charge in [0.2, 0.25) is 0 Å². The second-order valence-electron chi connectivity index (χ2n) is 4.26. The molecular formula is C13H29NO. The van der Waals surface area contributed by atoms with E-state index in [1.54, 1.807) is 0 Å². The standard InChI is InChI=1S/C9H17NO.2C2H6/c1-8-5-11-4-3-9(8)6-10(2)7-9;2*1-2/h8H,3-7H2,1-2H3;2*1-2H3. The van der Waals surface area contributed by atoms with Crippen LogP contribution >= 0.6 is 0 Å². The summed E-state index contributed by atoms with van der Waals surface area (Å²) >= 11 is 0. The van der Waals surface area contributed by atoms with Crippen LogP contribution in [0.1, 0.15) is 41.0 Å². The molecule has 0 aromatic heterocycles. The van der Waals surface area contributed by atoms with Crippen LogP contribution < -0.4 is 0 Å². The van der Waals surface area contributed by atoms with Crippen molar-refractivity contribution in [2.75, 3.05) is 33.4 Å². The predicted molar refractivity (Wildman–Crippen MR) is 67.2 cm³/mol. The SMILES string of the molecule is CC.CC.CC1COCCC12CN(C)C2. The van der Waals surface area contributed by atoms with Crippen molar-refractivity contribution in [2.24, 2.45) is 11.3 Å². The van der Waals surface area contributed by atoms with Gasteiger partial charge in [-0.15, -0.1) is 0 Å². The molecule has 2 rings (SSSR count). The average Bonchev–Trinajstić information content (AvgIpc) is 2.26. The van der Waals surface area contributed by atoms with Crippen LogP contribution in [-0.4, -0.2) is 38.3 Å². The van der Waals surface area contributed by atoms with E-state index in [9.17, 15) is 0 Å². The maximum absolute atomic E-state index is 5.43. The lowest BCUT2D eigenvalue weighted by atomic mass is 9.67. The van der Waals surface area contributed by atoms with Crippen molar-refractivity contribution in [1.29, 1.82) is 0 Å². The van der Waals surface area contributed by atoms with E-state index >= 15 is 0 Å². The average molecular weight is 215 g/mol. The van der Waals surface area contributed by atoms with Crippen LogP contribution in [0.4, 0.5) is 0 Å². The summed E-state index contributed by atoms with van der Waals surface area (Å²) in [5.74, 6) is 0.771. The van der Waals surface area contributed by atoms with Crippen molar-refractivity contribution in [3.05, 3.63) is 0 Å². The van der Waals surface area contributed by atoms with E-state index in [1.165, 1.54) is 19.5 Å². The Morgan fingerprint density at radius 3 is 2.07 bits per heavy atom. The van der Waals surface area contributed by atoms with Crippen LogP contribution in [0.2, 0.25) is 0 Å². The third kappa shape index (κ3) is 3.46. The summed E-state index contributed by atoms with van der Waals surface area (Å²) in [7, 11) is 2.20. The lowest BCUT2D eigenvalue weighted by Gasteiger charge is -2.54. The van der Waals surface area contributed by atoms with Crippen molar-refractivity contribution in [3.63, 3.8) is 0 Å². The fraction of sp³-hybridized carbons (Fsp3) is 1.00. The molecule has 0 saturated carbocycles. The molecule has 2 fully saturated rings. The zero-order valence-electron chi connectivity index (χ0n) is 11.5. The highest BCUT2D eigenvalue weighted by Gasteiger charge is 2.46. The molecule has 2 nitrogen and oxygen atoms in total. The molecule has 2 aliphatic rings. The highest BCUT2D eigenvalue weighted by molar-refractivity contribution is 4.98. The number of nitrogens with zero attached hydrogens (tertiary/aromatic N) is 1. The Morgan fingerprint density at radius 2 is 1.67 bits per heavy atom. The molecule has 2 heteroatoms. The minimum atomic E-state index is 0.632. The topological polar surface area (TPSA) is 12.5 Å². The van der Waals surface area contributed by atoms with Gasteiger partial charge in [0.1, 0.15) is 0 Å². The molecule has 2 aliphatic heterocycles. The van der Waals surface area contributed by atoms with Gasteiger partial charge in [-0.1, -0.05) is 34.6 Å². The fourth-order valence-electron chi connectivity index (χ4n) is 2.46. The van der Waals surface area contributed by atoms with Crippen molar-refractivity contribution < 1.29 is 4.74 Å². The Kier molecular flexibility index (Phi) is 7.20. The number of rotatable bonds is 0. The lowest BCUT2D eigenvalue weighted by molar-refractivity contribution is -0.111. The first-order valence-electron chi connectivity index (χ1n) is 6.49. The predicted octanol–water partition coefficient (Wildman–Crippen LogP) is 3.03. The van der Waals surface area contributed by atoms with Crippen LogP contribution in [-0.2, 0) is 4.74 Å². The monoisotopic (exact) mass is 215 g/mol. The van der Waals surface area contributed by atoms with Crippen LogP contribution in [0.5, 0.6) is 0 Å². The Labute approximate surface area is 96.0 Å². The first kappa shape index (κ1) is 14.9. The van der Waals surface area contributed by atoms with Crippen molar-refractivity contribution in [3.8, 4) is 0 Å². The normalized spacial score (nSPS) is 28.0. The largest absolute Gasteiger partial charge is 0.381 e. The van der Waals surface area contributed by atoms with Gasteiger partial charge in [-0.25, -0.2) is 0 Å².